The molecule has 2 heterocycles. The molecule has 0 N–H and O–H groups in total. The Bertz CT molecular complexity index is 1050. The van der Waals surface area contributed by atoms with Crippen LogP contribution in [0.3, 0.4) is 0 Å². The summed E-state index contributed by atoms with van der Waals surface area (Å²) in [5.74, 6) is -1.07. The highest BCUT2D eigenvalue weighted by molar-refractivity contribution is 5.77. The van der Waals surface area contributed by atoms with Crippen LogP contribution >= 0.6 is 0 Å². The molecule has 1 saturated heterocycles. The minimum Gasteiger partial charge on any atom is -0.481 e. The van der Waals surface area contributed by atoms with Crippen molar-refractivity contribution in [2.24, 2.45) is 0 Å². The number of piperazine rings is 1. The van der Waals surface area contributed by atoms with Crippen LogP contribution in [0.25, 0.3) is 11.3 Å². The normalized spacial score (nSPS) is 14.0. The van der Waals surface area contributed by atoms with Gasteiger partial charge < -0.3 is 19.4 Å². The molecule has 0 unspecified atom stereocenters. The van der Waals surface area contributed by atoms with Crippen molar-refractivity contribution in [3.8, 4) is 17.1 Å². The molecule has 1 aliphatic heterocycles. The molecule has 5 nitrogen and oxygen atoms in total. The Balaban J connectivity index is 1.57. The summed E-state index contributed by atoms with van der Waals surface area (Å²) in [6, 6.07) is 16.3. The van der Waals surface area contributed by atoms with E-state index >= 15 is 0 Å². The first-order chi connectivity index (χ1) is 15.0. The molecule has 162 valence electrons. The number of anilines is 3. The van der Waals surface area contributed by atoms with Gasteiger partial charge in [0.15, 0.2) is 11.6 Å². The first kappa shape index (κ1) is 20.9. The van der Waals surface area contributed by atoms with Gasteiger partial charge >= 0.3 is 0 Å². The maximum Gasteiger partial charge on any atom is 0.213 e. The molecule has 4 rings (SSSR count). The van der Waals surface area contributed by atoms with Gasteiger partial charge in [0, 0.05) is 69.3 Å². The fourth-order valence-corrected chi connectivity index (χ4v) is 3.82. The molecule has 3 aromatic rings. The lowest BCUT2D eigenvalue weighted by Crippen LogP contribution is -2.46. The molecule has 0 aliphatic carbocycles. The number of nitrogens with zero attached hydrogens (tertiary/aromatic N) is 4. The molecule has 0 saturated carbocycles. The minimum absolute atomic E-state index is 0.566. The molecule has 1 aromatic heterocycles. The molecule has 2 aromatic carbocycles. The monoisotopic (exact) mass is 424 g/mol. The lowest BCUT2D eigenvalue weighted by Gasteiger charge is -2.38. The number of ether oxygens (including phenoxy) is 1. The first-order valence-electron chi connectivity index (χ1n) is 10.2. The summed E-state index contributed by atoms with van der Waals surface area (Å²) in [5.41, 5.74) is 4.73. The van der Waals surface area contributed by atoms with Crippen LogP contribution in [0.2, 0.25) is 0 Å². The maximum absolute atomic E-state index is 13.6. The lowest BCUT2D eigenvalue weighted by atomic mass is 10.1. The van der Waals surface area contributed by atoms with Crippen LogP contribution in [-0.4, -0.2) is 52.4 Å². The molecule has 0 spiro atoms. The summed E-state index contributed by atoms with van der Waals surface area (Å²) >= 11 is 0. The van der Waals surface area contributed by atoms with E-state index in [0.717, 1.165) is 35.7 Å². The average molecular weight is 424 g/mol. The Hall–Kier alpha value is -3.35. The summed E-state index contributed by atoms with van der Waals surface area (Å²) in [7, 11) is 5.63. The van der Waals surface area contributed by atoms with Gasteiger partial charge in [-0.3, -0.25) is 0 Å². The minimum atomic E-state index is -0.823. The van der Waals surface area contributed by atoms with E-state index in [-0.39, 0.29) is 0 Å². The number of benzene rings is 2. The molecule has 7 heteroatoms. The molecule has 0 radical (unpaired) electrons. The summed E-state index contributed by atoms with van der Waals surface area (Å²) in [5, 5.41) is 0. The molecule has 0 bridgehead atoms. The second kappa shape index (κ2) is 8.79. The van der Waals surface area contributed by atoms with Crippen molar-refractivity contribution in [3.63, 3.8) is 0 Å². The molecular formula is C24H26F2N4O. The van der Waals surface area contributed by atoms with Gasteiger partial charge in [-0.25, -0.2) is 13.8 Å². The third kappa shape index (κ3) is 4.40. The number of hydrogen-bond acceptors (Lipinski definition) is 5. The van der Waals surface area contributed by atoms with Crippen LogP contribution in [0, 0.1) is 11.6 Å². The Morgan fingerprint density at radius 1 is 0.839 bits per heavy atom. The summed E-state index contributed by atoms with van der Waals surface area (Å²) in [4.78, 5) is 11.1. The summed E-state index contributed by atoms with van der Waals surface area (Å²) in [6.45, 7) is 2.90. The van der Waals surface area contributed by atoms with Gasteiger partial charge in [-0.1, -0.05) is 12.1 Å². The average Bonchev–Trinajstić information content (AvgIpc) is 2.80. The Morgan fingerprint density at radius 3 is 2.13 bits per heavy atom. The highest BCUT2D eigenvalue weighted by Crippen LogP contribution is 2.33. The van der Waals surface area contributed by atoms with Gasteiger partial charge in [-0.05, 0) is 30.3 Å². The fraction of sp³-hybridized carbons (Fsp3) is 0.292. The van der Waals surface area contributed by atoms with Crippen molar-refractivity contribution in [3.05, 3.63) is 66.2 Å². The smallest absolute Gasteiger partial charge is 0.213 e. The van der Waals surface area contributed by atoms with E-state index in [0.29, 0.717) is 24.7 Å². The molecule has 0 atom stereocenters. The zero-order valence-electron chi connectivity index (χ0n) is 18.0. The molecule has 1 aliphatic rings. The van der Waals surface area contributed by atoms with Crippen molar-refractivity contribution in [1.29, 1.82) is 0 Å². The lowest BCUT2D eigenvalue weighted by molar-refractivity contribution is 0.398. The van der Waals surface area contributed by atoms with Gasteiger partial charge in [-0.15, -0.1) is 0 Å². The first-order valence-corrected chi connectivity index (χ1v) is 10.2. The SMILES string of the molecule is COc1ccc(N2CCN(c3ccc(F)c(F)c3)CC2)c(-c2ccc(N(C)C)cc2)n1. The molecule has 31 heavy (non-hydrogen) atoms. The number of halogens is 2. The Labute approximate surface area is 181 Å². The van der Waals surface area contributed by atoms with E-state index in [1.165, 1.54) is 12.1 Å². The second-order valence-electron chi connectivity index (χ2n) is 7.74. The van der Waals surface area contributed by atoms with Crippen LogP contribution in [0.15, 0.2) is 54.6 Å². The highest BCUT2D eigenvalue weighted by Gasteiger charge is 2.22. The number of aromatic nitrogens is 1. The van der Waals surface area contributed by atoms with Crippen LogP contribution in [0.4, 0.5) is 25.8 Å². The summed E-state index contributed by atoms with van der Waals surface area (Å²) in [6.07, 6.45) is 0. The zero-order valence-corrected chi connectivity index (χ0v) is 18.0. The highest BCUT2D eigenvalue weighted by atomic mass is 19.2. The predicted octanol–water partition coefficient (Wildman–Crippen LogP) is 4.43. The van der Waals surface area contributed by atoms with E-state index in [4.69, 9.17) is 9.72 Å². The largest absolute Gasteiger partial charge is 0.481 e. The van der Waals surface area contributed by atoms with Crippen molar-refractivity contribution in [2.75, 3.05) is 62.1 Å². The zero-order chi connectivity index (χ0) is 22.0. The van der Waals surface area contributed by atoms with E-state index in [9.17, 15) is 8.78 Å². The number of pyridine rings is 1. The molecule has 0 amide bonds. The van der Waals surface area contributed by atoms with Gasteiger partial charge in [-0.2, -0.15) is 0 Å². The van der Waals surface area contributed by atoms with E-state index in [2.05, 4.69) is 39.0 Å². The van der Waals surface area contributed by atoms with Gasteiger partial charge in [0.05, 0.1) is 18.5 Å². The topological polar surface area (TPSA) is 31.8 Å². The van der Waals surface area contributed by atoms with Gasteiger partial charge in [0.2, 0.25) is 5.88 Å². The fourth-order valence-electron chi connectivity index (χ4n) is 3.82. The van der Waals surface area contributed by atoms with Crippen molar-refractivity contribution in [2.45, 2.75) is 0 Å². The Morgan fingerprint density at radius 2 is 1.52 bits per heavy atom. The second-order valence-corrected chi connectivity index (χ2v) is 7.74. The Kier molecular flexibility index (Phi) is 5.93. The van der Waals surface area contributed by atoms with Crippen molar-refractivity contribution >= 4 is 17.1 Å². The third-order valence-corrected chi connectivity index (χ3v) is 5.60. The quantitative estimate of drug-likeness (QED) is 0.605. The maximum atomic E-state index is 13.6. The van der Waals surface area contributed by atoms with E-state index in [1.54, 1.807) is 13.2 Å². The predicted molar refractivity (Wildman–Crippen MR) is 121 cm³/mol. The molecular weight excluding hydrogens is 398 g/mol. The van der Waals surface area contributed by atoms with Crippen molar-refractivity contribution < 1.29 is 13.5 Å². The van der Waals surface area contributed by atoms with Crippen LogP contribution in [0.5, 0.6) is 5.88 Å². The number of hydrogen-bond donors (Lipinski definition) is 0. The third-order valence-electron chi connectivity index (χ3n) is 5.60. The number of rotatable bonds is 5. The van der Waals surface area contributed by atoms with Crippen molar-refractivity contribution in [1.82, 2.24) is 4.98 Å². The van der Waals surface area contributed by atoms with Crippen LogP contribution in [0.1, 0.15) is 0 Å². The van der Waals surface area contributed by atoms with Crippen LogP contribution in [-0.2, 0) is 0 Å². The van der Waals surface area contributed by atoms with Gasteiger partial charge in [0.1, 0.15) is 0 Å². The number of methoxy groups -OCH3 is 1. The van der Waals surface area contributed by atoms with Gasteiger partial charge in [0.25, 0.3) is 0 Å². The van der Waals surface area contributed by atoms with E-state index < -0.39 is 11.6 Å². The standard InChI is InChI=1S/C24H26F2N4O/c1-28(2)18-6-4-17(5-7-18)24-22(10-11-23(27-24)31-3)30-14-12-29(13-15-30)19-8-9-20(25)21(26)16-19/h4-11,16H,12-15H2,1-3H3. The van der Waals surface area contributed by atoms with Crippen LogP contribution < -0.4 is 19.4 Å². The summed E-state index contributed by atoms with van der Waals surface area (Å²) < 4.78 is 32.3. The molecule has 1 fully saturated rings. The van der Waals surface area contributed by atoms with E-state index in [1.807, 2.05) is 26.2 Å².